The average Bonchev–Trinajstić information content (AvgIpc) is 2.46. The van der Waals surface area contributed by atoms with E-state index < -0.39 is 0 Å². The first kappa shape index (κ1) is 14.1. The lowest BCUT2D eigenvalue weighted by Gasteiger charge is -2.23. The van der Waals surface area contributed by atoms with E-state index in [1.807, 2.05) is 24.0 Å². The number of nitrogens with zero attached hydrogens (tertiary/aromatic N) is 2. The van der Waals surface area contributed by atoms with Crippen molar-refractivity contribution in [3.63, 3.8) is 0 Å². The van der Waals surface area contributed by atoms with Gasteiger partial charge in [-0.1, -0.05) is 13.0 Å². The zero-order valence-corrected chi connectivity index (χ0v) is 11.7. The largest absolute Gasteiger partial charge is 0.508 e. The van der Waals surface area contributed by atoms with Gasteiger partial charge in [0.05, 0.1) is 7.11 Å². The normalized spacial score (nSPS) is 10.5. The summed E-state index contributed by atoms with van der Waals surface area (Å²) in [6.45, 7) is 2.87. The number of esters is 1. The van der Waals surface area contributed by atoms with Crippen LogP contribution in [0.5, 0.6) is 5.75 Å². The molecule has 0 aliphatic carbocycles. The van der Waals surface area contributed by atoms with Crippen molar-refractivity contribution in [1.29, 1.82) is 0 Å². The van der Waals surface area contributed by atoms with Crippen molar-refractivity contribution in [2.45, 2.75) is 13.3 Å². The molecule has 0 bridgehead atoms. The Hall–Kier alpha value is -2.30. The quantitative estimate of drug-likeness (QED) is 0.848. The molecule has 2 aromatic rings. The van der Waals surface area contributed by atoms with Crippen LogP contribution < -0.4 is 4.90 Å². The summed E-state index contributed by atoms with van der Waals surface area (Å²) >= 11 is 0. The van der Waals surface area contributed by atoms with Crippen LogP contribution in [0.1, 0.15) is 13.3 Å². The highest BCUT2D eigenvalue weighted by Crippen LogP contribution is 2.27. The number of hydrogen-bond donors (Lipinski definition) is 1. The van der Waals surface area contributed by atoms with E-state index in [9.17, 15) is 9.90 Å². The summed E-state index contributed by atoms with van der Waals surface area (Å²) in [5.41, 5.74) is 0. The van der Waals surface area contributed by atoms with Crippen molar-refractivity contribution in [2.24, 2.45) is 0 Å². The van der Waals surface area contributed by atoms with Gasteiger partial charge in [0, 0.05) is 18.1 Å². The molecule has 0 saturated heterocycles. The molecule has 2 rings (SSSR count). The van der Waals surface area contributed by atoms with Crippen molar-refractivity contribution in [3.05, 3.63) is 30.5 Å². The lowest BCUT2D eigenvalue weighted by molar-refractivity contribution is -0.138. The fraction of sp³-hybridized carbons (Fsp3) is 0.333. The Labute approximate surface area is 117 Å². The van der Waals surface area contributed by atoms with E-state index in [0.29, 0.717) is 12.4 Å². The molecule has 1 heterocycles. The number of phenolic OH excluding ortho intramolecular Hbond substituents is 1. The van der Waals surface area contributed by atoms with E-state index in [1.54, 1.807) is 18.3 Å². The van der Waals surface area contributed by atoms with Gasteiger partial charge in [0.15, 0.2) is 0 Å². The average molecular weight is 274 g/mol. The predicted octanol–water partition coefficient (Wildman–Crippen LogP) is 2.33. The third-order valence-electron chi connectivity index (χ3n) is 3.07. The van der Waals surface area contributed by atoms with Crippen LogP contribution >= 0.6 is 0 Å². The van der Waals surface area contributed by atoms with Crippen molar-refractivity contribution in [1.82, 2.24) is 4.98 Å². The Morgan fingerprint density at radius 3 is 2.90 bits per heavy atom. The molecule has 20 heavy (non-hydrogen) atoms. The topological polar surface area (TPSA) is 62.7 Å². The Bertz CT molecular complexity index is 613. The molecule has 0 saturated carbocycles. The Morgan fingerprint density at radius 2 is 2.20 bits per heavy atom. The predicted molar refractivity (Wildman–Crippen MR) is 77.9 cm³/mol. The number of hydrogen-bond acceptors (Lipinski definition) is 5. The van der Waals surface area contributed by atoms with Crippen LogP contribution in [-0.2, 0) is 9.53 Å². The molecule has 5 heteroatoms. The van der Waals surface area contributed by atoms with Gasteiger partial charge in [-0.15, -0.1) is 0 Å². The first-order valence-corrected chi connectivity index (χ1v) is 6.55. The van der Waals surface area contributed by atoms with Crippen LogP contribution in [0.4, 0.5) is 5.82 Å². The molecule has 0 unspecified atom stereocenters. The number of carbonyl (C=O) groups is 1. The molecule has 1 aromatic carbocycles. The highest BCUT2D eigenvalue weighted by Gasteiger charge is 2.15. The van der Waals surface area contributed by atoms with Crippen LogP contribution in [-0.4, -0.2) is 36.3 Å². The van der Waals surface area contributed by atoms with Crippen molar-refractivity contribution in [2.75, 3.05) is 25.1 Å². The maximum atomic E-state index is 11.5. The molecular weight excluding hydrogens is 256 g/mol. The highest BCUT2D eigenvalue weighted by molar-refractivity contribution is 5.94. The minimum Gasteiger partial charge on any atom is -0.508 e. The van der Waals surface area contributed by atoms with E-state index >= 15 is 0 Å². The van der Waals surface area contributed by atoms with Gasteiger partial charge < -0.3 is 14.7 Å². The molecule has 106 valence electrons. The first-order valence-electron chi connectivity index (χ1n) is 6.55. The maximum Gasteiger partial charge on any atom is 0.325 e. The second kappa shape index (κ2) is 6.23. The molecule has 0 spiro atoms. The van der Waals surface area contributed by atoms with Crippen LogP contribution in [0.15, 0.2) is 30.5 Å². The number of benzene rings is 1. The Balaban J connectivity index is 2.46. The first-order chi connectivity index (χ1) is 9.65. The second-order valence-electron chi connectivity index (χ2n) is 4.54. The van der Waals surface area contributed by atoms with Crippen molar-refractivity contribution >= 4 is 22.6 Å². The number of methoxy groups -OCH3 is 1. The number of aromatic nitrogens is 1. The van der Waals surface area contributed by atoms with Crippen LogP contribution in [0, 0.1) is 0 Å². The van der Waals surface area contributed by atoms with E-state index in [4.69, 9.17) is 4.74 Å². The lowest BCUT2D eigenvalue weighted by atomic mass is 10.1. The summed E-state index contributed by atoms with van der Waals surface area (Å²) in [6.07, 6.45) is 2.59. The number of fused-ring (bicyclic) bond motifs is 1. The third kappa shape index (κ3) is 2.99. The molecule has 0 radical (unpaired) electrons. The van der Waals surface area contributed by atoms with E-state index in [2.05, 4.69) is 4.98 Å². The minimum atomic E-state index is -0.308. The van der Waals surface area contributed by atoms with Gasteiger partial charge in [-0.2, -0.15) is 0 Å². The molecular formula is C15H18N2O3. The van der Waals surface area contributed by atoms with Gasteiger partial charge in [-0.25, -0.2) is 4.98 Å². The summed E-state index contributed by atoms with van der Waals surface area (Å²) in [4.78, 5) is 17.8. The number of rotatable bonds is 5. The van der Waals surface area contributed by atoms with Crippen molar-refractivity contribution < 1.29 is 14.6 Å². The SMILES string of the molecule is CCCN(CC(=O)OC)c1nccc2ccc(O)cc12. The van der Waals surface area contributed by atoms with Gasteiger partial charge in [0.25, 0.3) is 0 Å². The molecule has 0 fully saturated rings. The summed E-state index contributed by atoms with van der Waals surface area (Å²) in [6, 6.07) is 7.01. The Kier molecular flexibility index (Phi) is 4.40. The number of carbonyl (C=O) groups excluding carboxylic acids is 1. The van der Waals surface area contributed by atoms with Crippen molar-refractivity contribution in [3.8, 4) is 5.75 Å². The van der Waals surface area contributed by atoms with E-state index in [-0.39, 0.29) is 18.3 Å². The van der Waals surface area contributed by atoms with Crippen LogP contribution in [0.3, 0.4) is 0 Å². The summed E-state index contributed by atoms with van der Waals surface area (Å²) in [7, 11) is 1.37. The smallest absolute Gasteiger partial charge is 0.325 e. The van der Waals surface area contributed by atoms with Crippen LogP contribution in [0.25, 0.3) is 10.8 Å². The number of phenols is 1. The van der Waals surface area contributed by atoms with Gasteiger partial charge >= 0.3 is 5.97 Å². The number of aromatic hydroxyl groups is 1. The summed E-state index contributed by atoms with van der Waals surface area (Å²) < 4.78 is 4.73. The molecule has 0 aliphatic heterocycles. The zero-order chi connectivity index (χ0) is 14.5. The lowest BCUT2D eigenvalue weighted by Crippen LogP contribution is -2.32. The van der Waals surface area contributed by atoms with Gasteiger partial charge in [0.1, 0.15) is 18.1 Å². The molecule has 0 aliphatic rings. The number of anilines is 1. The third-order valence-corrected chi connectivity index (χ3v) is 3.07. The zero-order valence-electron chi connectivity index (χ0n) is 11.7. The van der Waals surface area contributed by atoms with E-state index in [0.717, 1.165) is 17.2 Å². The number of ether oxygens (including phenoxy) is 1. The molecule has 1 aromatic heterocycles. The van der Waals surface area contributed by atoms with Crippen LogP contribution in [0.2, 0.25) is 0 Å². The highest BCUT2D eigenvalue weighted by atomic mass is 16.5. The monoisotopic (exact) mass is 274 g/mol. The minimum absolute atomic E-state index is 0.145. The van der Waals surface area contributed by atoms with Gasteiger partial charge in [-0.3, -0.25) is 4.79 Å². The van der Waals surface area contributed by atoms with Gasteiger partial charge in [-0.05, 0) is 30.0 Å². The fourth-order valence-electron chi connectivity index (χ4n) is 2.14. The summed E-state index contributed by atoms with van der Waals surface area (Å²) in [5, 5.41) is 11.5. The van der Waals surface area contributed by atoms with Gasteiger partial charge in [0.2, 0.25) is 0 Å². The summed E-state index contributed by atoms with van der Waals surface area (Å²) in [5.74, 6) is 0.560. The molecule has 1 N–H and O–H groups in total. The second-order valence-corrected chi connectivity index (χ2v) is 4.54. The molecule has 0 atom stereocenters. The standard InChI is InChI=1S/C15H18N2O3/c1-3-8-17(10-14(19)20-2)15-13-9-12(18)5-4-11(13)6-7-16-15/h4-7,9,18H,3,8,10H2,1-2H3. The van der Waals surface area contributed by atoms with E-state index in [1.165, 1.54) is 7.11 Å². The molecule has 5 nitrogen and oxygen atoms in total. The molecule has 0 amide bonds. The fourth-order valence-corrected chi connectivity index (χ4v) is 2.14. The number of pyridine rings is 1. The maximum absolute atomic E-state index is 11.5. The Morgan fingerprint density at radius 1 is 1.40 bits per heavy atom.